The van der Waals surface area contributed by atoms with Gasteiger partial charge in [-0.15, -0.1) is 0 Å². The number of aliphatic hydroxyl groups is 1. The van der Waals surface area contributed by atoms with Crippen molar-refractivity contribution in [3.63, 3.8) is 0 Å². The van der Waals surface area contributed by atoms with Crippen molar-refractivity contribution in [3.05, 3.63) is 209 Å². The summed E-state index contributed by atoms with van der Waals surface area (Å²) in [4.78, 5) is 30.7. The molecule has 0 aliphatic carbocycles. The summed E-state index contributed by atoms with van der Waals surface area (Å²) in [6.45, 7) is 0.337. The largest absolute Gasteiger partial charge is 0.481 e. The van der Waals surface area contributed by atoms with Crippen molar-refractivity contribution < 1.29 is 33.0 Å². The Bertz CT molecular complexity index is 2300. The minimum atomic E-state index is -3.84. The van der Waals surface area contributed by atoms with E-state index in [0.717, 1.165) is 22.3 Å². The first kappa shape index (κ1) is 42.1. The van der Waals surface area contributed by atoms with Crippen molar-refractivity contribution >= 4 is 19.5 Å². The molecule has 0 saturated carbocycles. The Morgan fingerprint density at radius 3 is 1.73 bits per heavy atom. The fraction of sp³-hybridized carbons (Fsp3) is 0.224. The first-order valence-electron chi connectivity index (χ1n) is 20.1. The zero-order chi connectivity index (χ0) is 41.7. The van der Waals surface area contributed by atoms with Gasteiger partial charge in [-0.3, -0.25) is 9.36 Å². The van der Waals surface area contributed by atoms with Crippen molar-refractivity contribution in [2.45, 2.75) is 63.8 Å². The van der Waals surface area contributed by atoms with Gasteiger partial charge >= 0.3 is 13.6 Å². The molecule has 11 heteroatoms. The molecule has 1 fully saturated rings. The van der Waals surface area contributed by atoms with Gasteiger partial charge in [-0.2, -0.15) is 0 Å². The summed E-state index contributed by atoms with van der Waals surface area (Å²) in [5.41, 5.74) is 11.1. The number of aryl methyl sites for hydroxylation is 1. The number of urea groups is 1. The van der Waals surface area contributed by atoms with Crippen LogP contribution in [0.15, 0.2) is 170 Å². The highest BCUT2D eigenvalue weighted by atomic mass is 31.2. The van der Waals surface area contributed by atoms with Crippen molar-refractivity contribution in [3.8, 4) is 5.75 Å². The van der Waals surface area contributed by atoms with Crippen molar-refractivity contribution in [1.82, 2.24) is 9.80 Å². The highest BCUT2D eigenvalue weighted by Crippen LogP contribution is 2.50. The molecule has 3 amide bonds. The van der Waals surface area contributed by atoms with Gasteiger partial charge in [0.2, 0.25) is 5.91 Å². The fourth-order valence-corrected chi connectivity index (χ4v) is 8.76. The third-order valence-corrected chi connectivity index (χ3v) is 12.2. The summed E-state index contributed by atoms with van der Waals surface area (Å²) < 4.78 is 32.7. The molecule has 308 valence electrons. The van der Waals surface area contributed by atoms with Crippen LogP contribution in [0.2, 0.25) is 0 Å². The standard InChI is InChI=1S/C49H50N3O7P/c50-48(54)42-26-15-24-41(30-42)32-51-45(31-38-18-7-2-8-19-38)47(53)44(29-28-37-16-5-1-6-17-37)52(49(51)55)33-43-25-13-14-27-46(43)57-36-60(56,58-34-39-20-9-3-10-21-39)59-35-40-22-11-4-12-23-40/h1-27,30,44-45,47,53H,28-29,31-36H2,(H2,50,54). The van der Waals surface area contributed by atoms with E-state index in [1.54, 1.807) is 34.1 Å². The number of hydrogen-bond donors (Lipinski definition) is 2. The smallest absolute Gasteiger partial charge is 0.368 e. The van der Waals surface area contributed by atoms with Gasteiger partial charge in [-0.1, -0.05) is 152 Å². The van der Waals surface area contributed by atoms with Crippen LogP contribution in [-0.2, 0) is 52.8 Å². The third kappa shape index (κ3) is 11.2. The van der Waals surface area contributed by atoms with Gasteiger partial charge in [0.25, 0.3) is 0 Å². The molecule has 3 atom stereocenters. The van der Waals surface area contributed by atoms with Crippen molar-refractivity contribution in [2.75, 3.05) is 6.35 Å². The summed E-state index contributed by atoms with van der Waals surface area (Å²) in [5, 5.41) is 12.5. The molecule has 1 aliphatic heterocycles. The highest BCUT2D eigenvalue weighted by Gasteiger charge is 2.46. The molecule has 0 radical (unpaired) electrons. The monoisotopic (exact) mass is 823 g/mol. The summed E-state index contributed by atoms with van der Waals surface area (Å²) in [7, 11) is -3.84. The van der Waals surface area contributed by atoms with Gasteiger partial charge in [0.15, 0.2) is 6.35 Å². The molecule has 6 aromatic carbocycles. The topological polar surface area (TPSA) is 132 Å². The van der Waals surface area contributed by atoms with Gasteiger partial charge in [0, 0.05) is 17.7 Å². The van der Waals surface area contributed by atoms with E-state index in [1.165, 1.54) is 0 Å². The Morgan fingerprint density at radius 1 is 0.617 bits per heavy atom. The molecule has 0 spiro atoms. The molecule has 6 aromatic rings. The number of primary amides is 1. The van der Waals surface area contributed by atoms with E-state index in [-0.39, 0.29) is 38.7 Å². The van der Waals surface area contributed by atoms with Crippen LogP contribution in [0.5, 0.6) is 5.75 Å². The first-order chi connectivity index (χ1) is 29.2. The molecule has 7 rings (SSSR count). The Labute approximate surface area is 351 Å². The molecule has 60 heavy (non-hydrogen) atoms. The SMILES string of the molecule is NC(=O)c1cccc(CN2C(=O)N(Cc3ccccc3OCP(=O)(OCc3ccccc3)OCc3ccccc3)C(CCc3ccccc3)C(O)C2Cc2ccccc2)c1. The van der Waals surface area contributed by atoms with E-state index in [2.05, 4.69) is 0 Å². The lowest BCUT2D eigenvalue weighted by Crippen LogP contribution is -2.66. The number of hydrogen-bond acceptors (Lipinski definition) is 7. The van der Waals surface area contributed by atoms with E-state index >= 15 is 4.79 Å². The Hall–Kier alpha value is -6.03. The van der Waals surface area contributed by atoms with Gasteiger partial charge in [0.05, 0.1) is 37.9 Å². The maximum Gasteiger partial charge on any atom is 0.368 e. The number of aliphatic hydroxyl groups excluding tert-OH is 1. The van der Waals surface area contributed by atoms with Crippen LogP contribution >= 0.6 is 7.60 Å². The minimum absolute atomic E-state index is 0.0590. The number of ether oxygens (including phenoxy) is 1. The first-order valence-corrected chi connectivity index (χ1v) is 21.9. The quantitative estimate of drug-likeness (QED) is 0.0779. The van der Waals surface area contributed by atoms with E-state index in [4.69, 9.17) is 19.5 Å². The molecular formula is C49H50N3O7P. The number of rotatable bonds is 19. The second-order valence-electron chi connectivity index (χ2n) is 15.0. The molecule has 1 heterocycles. The molecule has 3 unspecified atom stereocenters. The summed E-state index contributed by atoms with van der Waals surface area (Å²) in [5.74, 6) is -0.164. The molecule has 0 bridgehead atoms. The van der Waals surface area contributed by atoms with Crippen LogP contribution in [-0.4, -0.2) is 51.4 Å². The Kier molecular flexibility index (Phi) is 14.2. The maximum absolute atomic E-state index is 15.1. The van der Waals surface area contributed by atoms with Gasteiger partial charge < -0.3 is 34.4 Å². The number of carbonyl (C=O) groups excluding carboxylic acids is 2. The summed E-state index contributed by atoms with van der Waals surface area (Å²) in [6, 6.07) is 51.5. The van der Waals surface area contributed by atoms with Gasteiger partial charge in [-0.05, 0) is 65.3 Å². The predicted molar refractivity (Wildman–Crippen MR) is 232 cm³/mol. The number of amides is 3. The number of nitrogens with two attached hydrogens (primary N) is 1. The Balaban J connectivity index is 1.19. The predicted octanol–water partition coefficient (Wildman–Crippen LogP) is 9.16. The molecule has 1 saturated heterocycles. The molecule has 10 nitrogen and oxygen atoms in total. The number of nitrogens with zero attached hydrogens (tertiary/aromatic N) is 2. The van der Waals surface area contributed by atoms with E-state index in [0.29, 0.717) is 41.7 Å². The van der Waals surface area contributed by atoms with Crippen LogP contribution < -0.4 is 10.5 Å². The van der Waals surface area contributed by atoms with E-state index < -0.39 is 31.7 Å². The normalized spacial score (nSPS) is 16.8. The lowest BCUT2D eigenvalue weighted by atomic mass is 9.88. The number of benzene rings is 6. The minimum Gasteiger partial charge on any atom is -0.481 e. The molecular weight excluding hydrogens is 774 g/mol. The summed E-state index contributed by atoms with van der Waals surface area (Å²) in [6.07, 6.45) is 0.201. The second kappa shape index (κ2) is 20.3. The third-order valence-electron chi connectivity index (χ3n) is 10.7. The highest BCUT2D eigenvalue weighted by molar-refractivity contribution is 7.53. The average Bonchev–Trinajstić information content (AvgIpc) is 3.29. The summed E-state index contributed by atoms with van der Waals surface area (Å²) >= 11 is 0. The fourth-order valence-electron chi connectivity index (χ4n) is 7.55. The Morgan fingerprint density at radius 2 is 1.13 bits per heavy atom. The van der Waals surface area contributed by atoms with Gasteiger partial charge in [-0.25, -0.2) is 4.79 Å². The lowest BCUT2D eigenvalue weighted by Gasteiger charge is -2.49. The molecule has 0 aromatic heterocycles. The second-order valence-corrected chi connectivity index (χ2v) is 16.9. The average molecular weight is 824 g/mol. The van der Waals surface area contributed by atoms with Crippen molar-refractivity contribution in [1.29, 1.82) is 0 Å². The lowest BCUT2D eigenvalue weighted by molar-refractivity contribution is -0.0454. The number of carbonyl (C=O) groups is 2. The van der Waals surface area contributed by atoms with E-state index in [1.807, 2.05) is 146 Å². The van der Waals surface area contributed by atoms with Crippen LogP contribution in [0.3, 0.4) is 0 Å². The maximum atomic E-state index is 15.1. The van der Waals surface area contributed by atoms with Crippen LogP contribution in [0.4, 0.5) is 4.79 Å². The zero-order valence-corrected chi connectivity index (χ0v) is 34.3. The number of para-hydroxylation sites is 1. The zero-order valence-electron chi connectivity index (χ0n) is 33.4. The molecule has 3 N–H and O–H groups in total. The van der Waals surface area contributed by atoms with Crippen molar-refractivity contribution in [2.24, 2.45) is 5.73 Å². The van der Waals surface area contributed by atoms with E-state index in [9.17, 15) is 14.5 Å². The van der Waals surface area contributed by atoms with Crippen LogP contribution in [0.25, 0.3) is 0 Å². The van der Waals surface area contributed by atoms with Gasteiger partial charge in [0.1, 0.15) is 5.75 Å². The van der Waals surface area contributed by atoms with Crippen LogP contribution in [0, 0.1) is 0 Å². The molecule has 1 aliphatic rings. The van der Waals surface area contributed by atoms with Crippen LogP contribution in [0.1, 0.15) is 50.2 Å².